The van der Waals surface area contributed by atoms with Crippen LogP contribution in [-0.2, 0) is 0 Å². The van der Waals surface area contributed by atoms with Crippen molar-refractivity contribution in [2.45, 2.75) is 13.0 Å². The number of aromatic nitrogens is 2. The highest BCUT2D eigenvalue weighted by atomic mass is 15.1. The van der Waals surface area contributed by atoms with Crippen LogP contribution in [0.15, 0.2) is 12.4 Å². The predicted octanol–water partition coefficient (Wildman–Crippen LogP) is 0.421. The van der Waals surface area contributed by atoms with Crippen LogP contribution in [0.4, 0.5) is 11.6 Å². The molecule has 78 valence electrons. The molecule has 1 aromatic heterocycles. The van der Waals surface area contributed by atoms with Crippen molar-refractivity contribution < 1.29 is 0 Å². The highest BCUT2D eigenvalue weighted by Crippen LogP contribution is 2.05. The molecule has 1 atom stereocenters. The second-order valence-corrected chi connectivity index (χ2v) is 3.52. The molecule has 0 aliphatic rings. The molecule has 0 aliphatic carbocycles. The molecule has 0 saturated carbocycles. The third-order valence-corrected chi connectivity index (χ3v) is 2.15. The molecule has 0 bridgehead atoms. The molecular formula is C9H17N5. The van der Waals surface area contributed by atoms with Crippen molar-refractivity contribution in [3.63, 3.8) is 0 Å². The summed E-state index contributed by atoms with van der Waals surface area (Å²) in [5, 5.41) is 3.19. The van der Waals surface area contributed by atoms with E-state index in [2.05, 4.69) is 27.1 Å². The fraction of sp³-hybridized carbons (Fsp3) is 0.556. The SMILES string of the molecule is CC(CNc1cc(N)ncn1)N(C)C. The fourth-order valence-electron chi connectivity index (χ4n) is 0.904. The van der Waals surface area contributed by atoms with E-state index in [4.69, 9.17) is 5.73 Å². The number of anilines is 2. The molecule has 0 amide bonds. The topological polar surface area (TPSA) is 67.1 Å². The molecule has 0 fully saturated rings. The molecule has 14 heavy (non-hydrogen) atoms. The van der Waals surface area contributed by atoms with Gasteiger partial charge in [0.2, 0.25) is 0 Å². The quantitative estimate of drug-likeness (QED) is 0.729. The van der Waals surface area contributed by atoms with Crippen LogP contribution < -0.4 is 11.1 Å². The number of nitrogens with one attached hydrogen (secondary N) is 1. The monoisotopic (exact) mass is 195 g/mol. The molecule has 0 aliphatic heterocycles. The maximum atomic E-state index is 5.52. The molecule has 0 spiro atoms. The van der Waals surface area contributed by atoms with Crippen molar-refractivity contribution >= 4 is 11.6 Å². The number of nitrogens with two attached hydrogens (primary N) is 1. The Hall–Kier alpha value is -1.36. The van der Waals surface area contributed by atoms with E-state index in [-0.39, 0.29) is 0 Å². The van der Waals surface area contributed by atoms with E-state index in [1.54, 1.807) is 6.07 Å². The Morgan fingerprint density at radius 3 is 2.79 bits per heavy atom. The largest absolute Gasteiger partial charge is 0.384 e. The van der Waals surface area contributed by atoms with Crippen LogP contribution in [0.2, 0.25) is 0 Å². The van der Waals surface area contributed by atoms with E-state index >= 15 is 0 Å². The van der Waals surface area contributed by atoms with Gasteiger partial charge in [-0.15, -0.1) is 0 Å². The van der Waals surface area contributed by atoms with E-state index in [0.29, 0.717) is 11.9 Å². The number of hydrogen-bond donors (Lipinski definition) is 2. The smallest absolute Gasteiger partial charge is 0.131 e. The zero-order valence-electron chi connectivity index (χ0n) is 8.86. The van der Waals surface area contributed by atoms with Gasteiger partial charge in [0.05, 0.1) is 0 Å². The fourth-order valence-corrected chi connectivity index (χ4v) is 0.904. The van der Waals surface area contributed by atoms with E-state index < -0.39 is 0 Å². The lowest BCUT2D eigenvalue weighted by atomic mass is 10.3. The summed E-state index contributed by atoms with van der Waals surface area (Å²) in [6, 6.07) is 2.17. The van der Waals surface area contributed by atoms with Gasteiger partial charge in [-0.2, -0.15) is 0 Å². The van der Waals surface area contributed by atoms with Gasteiger partial charge in [0, 0.05) is 18.7 Å². The zero-order valence-corrected chi connectivity index (χ0v) is 8.86. The summed E-state index contributed by atoms with van der Waals surface area (Å²) < 4.78 is 0. The molecule has 0 saturated heterocycles. The van der Waals surface area contributed by atoms with Gasteiger partial charge >= 0.3 is 0 Å². The molecule has 1 aromatic rings. The number of rotatable bonds is 4. The first-order valence-electron chi connectivity index (χ1n) is 4.57. The Bertz CT molecular complexity index is 286. The minimum Gasteiger partial charge on any atom is -0.384 e. The summed E-state index contributed by atoms with van der Waals surface area (Å²) in [5.74, 6) is 1.26. The van der Waals surface area contributed by atoms with Crippen LogP contribution in [0.5, 0.6) is 0 Å². The van der Waals surface area contributed by atoms with Gasteiger partial charge in [-0.05, 0) is 21.0 Å². The van der Waals surface area contributed by atoms with Gasteiger partial charge < -0.3 is 16.0 Å². The summed E-state index contributed by atoms with van der Waals surface area (Å²) in [6.07, 6.45) is 1.46. The number of nitrogens with zero attached hydrogens (tertiary/aromatic N) is 3. The van der Waals surface area contributed by atoms with Gasteiger partial charge in [0.25, 0.3) is 0 Å². The van der Waals surface area contributed by atoms with Crippen LogP contribution in [0.1, 0.15) is 6.92 Å². The Morgan fingerprint density at radius 2 is 2.21 bits per heavy atom. The van der Waals surface area contributed by atoms with Crippen LogP contribution >= 0.6 is 0 Å². The number of hydrogen-bond acceptors (Lipinski definition) is 5. The maximum absolute atomic E-state index is 5.52. The van der Waals surface area contributed by atoms with Gasteiger partial charge in [-0.1, -0.05) is 0 Å². The average Bonchev–Trinajstić information content (AvgIpc) is 2.14. The van der Waals surface area contributed by atoms with Gasteiger partial charge in [-0.25, -0.2) is 9.97 Å². The van der Waals surface area contributed by atoms with Crippen molar-refractivity contribution in [1.29, 1.82) is 0 Å². The van der Waals surface area contributed by atoms with Crippen LogP contribution in [0, 0.1) is 0 Å². The zero-order chi connectivity index (χ0) is 10.6. The summed E-state index contributed by atoms with van der Waals surface area (Å²) >= 11 is 0. The Balaban J connectivity index is 2.45. The van der Waals surface area contributed by atoms with E-state index in [0.717, 1.165) is 12.4 Å². The molecule has 0 radical (unpaired) electrons. The standard InChI is InChI=1S/C9H17N5/c1-7(14(2)3)5-11-9-4-8(10)12-6-13-9/h4,6-7H,5H2,1-3H3,(H3,10,11,12,13). The van der Waals surface area contributed by atoms with Gasteiger partial charge in [0.15, 0.2) is 0 Å². The van der Waals surface area contributed by atoms with Crippen LogP contribution in [-0.4, -0.2) is 41.5 Å². The lowest BCUT2D eigenvalue weighted by molar-refractivity contribution is 0.326. The molecule has 1 heterocycles. The van der Waals surface area contributed by atoms with Crippen LogP contribution in [0.3, 0.4) is 0 Å². The Morgan fingerprint density at radius 1 is 1.50 bits per heavy atom. The van der Waals surface area contributed by atoms with Gasteiger partial charge in [-0.3, -0.25) is 0 Å². The third-order valence-electron chi connectivity index (χ3n) is 2.15. The van der Waals surface area contributed by atoms with E-state index in [1.807, 2.05) is 14.1 Å². The Labute approximate surface area is 84.3 Å². The highest BCUT2D eigenvalue weighted by molar-refractivity contribution is 5.43. The third kappa shape index (κ3) is 3.18. The molecular weight excluding hydrogens is 178 g/mol. The summed E-state index contributed by atoms with van der Waals surface area (Å²) in [6.45, 7) is 2.97. The van der Waals surface area contributed by atoms with Crippen molar-refractivity contribution in [3.05, 3.63) is 12.4 Å². The van der Waals surface area contributed by atoms with Crippen molar-refractivity contribution in [3.8, 4) is 0 Å². The van der Waals surface area contributed by atoms with Crippen molar-refractivity contribution in [2.24, 2.45) is 0 Å². The molecule has 5 nitrogen and oxygen atoms in total. The first-order chi connectivity index (χ1) is 6.59. The van der Waals surface area contributed by atoms with Crippen molar-refractivity contribution in [1.82, 2.24) is 14.9 Å². The minimum atomic E-state index is 0.450. The predicted molar refractivity (Wildman–Crippen MR) is 58.1 cm³/mol. The molecule has 1 unspecified atom stereocenters. The first-order valence-corrected chi connectivity index (χ1v) is 4.57. The summed E-state index contributed by atoms with van der Waals surface area (Å²) in [7, 11) is 4.08. The first kappa shape index (κ1) is 10.7. The summed E-state index contributed by atoms with van der Waals surface area (Å²) in [4.78, 5) is 10.0. The molecule has 0 aromatic carbocycles. The minimum absolute atomic E-state index is 0.450. The molecule has 5 heteroatoms. The lowest BCUT2D eigenvalue weighted by Gasteiger charge is -2.20. The number of nitrogen functional groups attached to an aromatic ring is 1. The highest BCUT2D eigenvalue weighted by Gasteiger charge is 2.03. The lowest BCUT2D eigenvalue weighted by Crippen LogP contribution is -2.31. The van der Waals surface area contributed by atoms with Crippen LogP contribution in [0.25, 0.3) is 0 Å². The molecule has 1 rings (SSSR count). The number of likely N-dealkylation sites (N-methyl/N-ethyl adjacent to an activating group) is 1. The van der Waals surface area contributed by atoms with E-state index in [1.165, 1.54) is 6.33 Å². The van der Waals surface area contributed by atoms with Gasteiger partial charge in [0.1, 0.15) is 18.0 Å². The Kier molecular flexibility index (Phi) is 3.64. The van der Waals surface area contributed by atoms with Crippen molar-refractivity contribution in [2.75, 3.05) is 31.7 Å². The molecule has 3 N–H and O–H groups in total. The normalized spacial score (nSPS) is 12.9. The second kappa shape index (κ2) is 4.76. The maximum Gasteiger partial charge on any atom is 0.131 e. The van der Waals surface area contributed by atoms with E-state index in [9.17, 15) is 0 Å². The summed E-state index contributed by atoms with van der Waals surface area (Å²) in [5.41, 5.74) is 5.52. The average molecular weight is 195 g/mol. The second-order valence-electron chi connectivity index (χ2n) is 3.52.